The largest absolute Gasteiger partial charge is 0.496 e. The number of oxazole rings is 1. The van der Waals surface area contributed by atoms with E-state index in [2.05, 4.69) is 18.8 Å². The Balaban J connectivity index is 2.44. The molecule has 1 heterocycles. The number of benzene rings is 1. The van der Waals surface area contributed by atoms with E-state index in [-0.39, 0.29) is 11.8 Å². The molecule has 0 bridgehead atoms. The van der Waals surface area contributed by atoms with Crippen molar-refractivity contribution in [3.8, 4) is 17.1 Å². The molecule has 0 fully saturated rings. The molecule has 0 aliphatic rings. The number of ether oxygens (including phenoxy) is 1. The number of carbonyl (C=O) groups is 1. The van der Waals surface area contributed by atoms with Gasteiger partial charge in [0.1, 0.15) is 5.75 Å². The van der Waals surface area contributed by atoms with Gasteiger partial charge < -0.3 is 14.3 Å². The second-order valence-electron chi connectivity index (χ2n) is 4.45. The number of hydrogen-bond acceptors (Lipinski definition) is 4. The number of nitrogens with zero attached hydrogens (tertiary/aromatic N) is 1. The highest BCUT2D eigenvalue weighted by atomic mass is 16.5. The van der Waals surface area contributed by atoms with Gasteiger partial charge in [0, 0.05) is 5.56 Å². The fourth-order valence-electron chi connectivity index (χ4n) is 1.85. The van der Waals surface area contributed by atoms with Crippen molar-refractivity contribution >= 4 is 5.97 Å². The highest BCUT2D eigenvalue weighted by Crippen LogP contribution is 2.31. The normalized spacial score (nSPS) is 10.7. The second kappa shape index (κ2) is 5.14. The zero-order valence-corrected chi connectivity index (χ0v) is 11.0. The number of aromatic carboxylic acids is 1. The molecule has 1 N–H and O–H groups in total. The monoisotopic (exact) mass is 261 g/mol. The van der Waals surface area contributed by atoms with Crippen LogP contribution in [0.15, 0.2) is 28.8 Å². The molecule has 0 atom stereocenters. The van der Waals surface area contributed by atoms with Crippen LogP contribution in [0.1, 0.15) is 36.0 Å². The second-order valence-corrected chi connectivity index (χ2v) is 4.45. The first-order valence-electron chi connectivity index (χ1n) is 5.90. The summed E-state index contributed by atoms with van der Waals surface area (Å²) in [5, 5.41) is 8.79. The number of hydrogen-bond donors (Lipinski definition) is 1. The van der Waals surface area contributed by atoms with Crippen LogP contribution < -0.4 is 4.74 Å². The van der Waals surface area contributed by atoms with E-state index >= 15 is 0 Å². The summed E-state index contributed by atoms with van der Waals surface area (Å²) in [6.45, 7) is 4.12. The van der Waals surface area contributed by atoms with E-state index in [9.17, 15) is 4.79 Å². The Labute approximate surface area is 110 Å². The van der Waals surface area contributed by atoms with Gasteiger partial charge in [-0.3, -0.25) is 0 Å². The third-order valence-corrected chi connectivity index (χ3v) is 2.82. The smallest absolute Gasteiger partial charge is 0.392 e. The van der Waals surface area contributed by atoms with Gasteiger partial charge in [-0.05, 0) is 29.7 Å². The van der Waals surface area contributed by atoms with Gasteiger partial charge in [0.05, 0.1) is 13.3 Å². The van der Waals surface area contributed by atoms with Crippen LogP contribution >= 0.6 is 0 Å². The van der Waals surface area contributed by atoms with Gasteiger partial charge in [-0.1, -0.05) is 13.8 Å². The molecular weight excluding hydrogens is 246 g/mol. The number of carboxylic acids is 1. The summed E-state index contributed by atoms with van der Waals surface area (Å²) in [5.74, 6) is 0.0381. The van der Waals surface area contributed by atoms with Crippen LogP contribution in [0.25, 0.3) is 11.3 Å². The molecule has 0 unspecified atom stereocenters. The van der Waals surface area contributed by atoms with Crippen molar-refractivity contribution in [1.82, 2.24) is 4.98 Å². The maximum atomic E-state index is 10.7. The van der Waals surface area contributed by atoms with Gasteiger partial charge in [-0.25, -0.2) is 9.78 Å². The maximum Gasteiger partial charge on any atom is 0.392 e. The summed E-state index contributed by atoms with van der Waals surface area (Å²) in [6, 6.07) is 5.58. The molecule has 0 radical (unpaired) electrons. The van der Waals surface area contributed by atoms with E-state index < -0.39 is 5.97 Å². The average Bonchev–Trinajstić information content (AvgIpc) is 2.87. The van der Waals surface area contributed by atoms with Gasteiger partial charge in [0.2, 0.25) is 0 Å². The first-order valence-corrected chi connectivity index (χ1v) is 5.90. The van der Waals surface area contributed by atoms with E-state index in [4.69, 9.17) is 14.3 Å². The molecule has 2 aromatic rings. The standard InChI is InChI=1S/C14H15NO4/c1-8(2)10-6-9(4-5-11(10)18-3)12-7-15-13(19-12)14(16)17/h4-8H,1-3H3,(H,16,17). The number of carboxylic acid groups (broad SMARTS) is 1. The summed E-state index contributed by atoms with van der Waals surface area (Å²) in [6.07, 6.45) is 1.41. The van der Waals surface area contributed by atoms with Crippen LogP contribution in [0.5, 0.6) is 5.75 Å². The van der Waals surface area contributed by atoms with E-state index in [1.54, 1.807) is 7.11 Å². The zero-order valence-electron chi connectivity index (χ0n) is 11.0. The molecule has 0 amide bonds. The predicted octanol–water partition coefficient (Wildman–Crippen LogP) is 3.17. The summed E-state index contributed by atoms with van der Waals surface area (Å²) < 4.78 is 10.5. The Bertz CT molecular complexity index is 601. The van der Waals surface area contributed by atoms with Crippen LogP contribution in [0.2, 0.25) is 0 Å². The van der Waals surface area contributed by atoms with E-state index in [1.165, 1.54) is 6.20 Å². The van der Waals surface area contributed by atoms with Crippen molar-refractivity contribution in [2.24, 2.45) is 0 Å². The van der Waals surface area contributed by atoms with Gasteiger partial charge in [0.25, 0.3) is 0 Å². The Kier molecular flexibility index (Phi) is 3.55. The molecule has 0 saturated heterocycles. The van der Waals surface area contributed by atoms with Crippen LogP contribution in [-0.4, -0.2) is 23.2 Å². The van der Waals surface area contributed by atoms with Crippen molar-refractivity contribution in [2.75, 3.05) is 7.11 Å². The zero-order chi connectivity index (χ0) is 14.0. The van der Waals surface area contributed by atoms with E-state index in [0.717, 1.165) is 16.9 Å². The molecule has 100 valence electrons. The average molecular weight is 261 g/mol. The quantitative estimate of drug-likeness (QED) is 0.915. The molecule has 19 heavy (non-hydrogen) atoms. The molecule has 0 spiro atoms. The molecule has 0 aliphatic carbocycles. The first-order chi connectivity index (χ1) is 9.02. The minimum atomic E-state index is -1.18. The number of methoxy groups -OCH3 is 1. The fraction of sp³-hybridized carbons (Fsp3) is 0.286. The molecule has 5 heteroatoms. The van der Waals surface area contributed by atoms with E-state index in [1.807, 2.05) is 18.2 Å². The Hall–Kier alpha value is -2.30. The molecule has 1 aromatic heterocycles. The summed E-state index contributed by atoms with van der Waals surface area (Å²) >= 11 is 0. The Morgan fingerprint density at radius 3 is 2.68 bits per heavy atom. The Morgan fingerprint density at radius 2 is 2.16 bits per heavy atom. The van der Waals surface area contributed by atoms with Crippen LogP contribution in [0, 0.1) is 0 Å². The molecule has 1 aromatic carbocycles. The Morgan fingerprint density at radius 1 is 1.42 bits per heavy atom. The van der Waals surface area contributed by atoms with Crippen molar-refractivity contribution in [1.29, 1.82) is 0 Å². The topological polar surface area (TPSA) is 72.6 Å². The molecule has 0 saturated carbocycles. The summed E-state index contributed by atoms with van der Waals surface area (Å²) in [5.41, 5.74) is 1.82. The van der Waals surface area contributed by atoms with Crippen molar-refractivity contribution in [3.05, 3.63) is 35.9 Å². The number of aromatic nitrogens is 1. The van der Waals surface area contributed by atoms with Crippen molar-refractivity contribution in [2.45, 2.75) is 19.8 Å². The third kappa shape index (κ3) is 2.59. The van der Waals surface area contributed by atoms with Crippen LogP contribution in [0.4, 0.5) is 0 Å². The van der Waals surface area contributed by atoms with Crippen molar-refractivity contribution < 1.29 is 19.1 Å². The lowest BCUT2D eigenvalue weighted by Crippen LogP contribution is -1.95. The minimum absolute atomic E-state index is 0.289. The SMILES string of the molecule is COc1ccc(-c2cnc(C(=O)O)o2)cc1C(C)C. The minimum Gasteiger partial charge on any atom is -0.496 e. The lowest BCUT2D eigenvalue weighted by atomic mass is 9.99. The highest BCUT2D eigenvalue weighted by Gasteiger charge is 2.15. The molecular formula is C14H15NO4. The van der Waals surface area contributed by atoms with Gasteiger partial charge in [-0.2, -0.15) is 0 Å². The van der Waals surface area contributed by atoms with Crippen LogP contribution in [-0.2, 0) is 0 Å². The van der Waals surface area contributed by atoms with Gasteiger partial charge in [0.15, 0.2) is 5.76 Å². The molecule has 0 aliphatic heterocycles. The summed E-state index contributed by atoms with van der Waals surface area (Å²) in [4.78, 5) is 14.5. The van der Waals surface area contributed by atoms with Gasteiger partial charge >= 0.3 is 11.9 Å². The van der Waals surface area contributed by atoms with Gasteiger partial charge in [-0.15, -0.1) is 0 Å². The fourth-order valence-corrected chi connectivity index (χ4v) is 1.85. The predicted molar refractivity (Wildman–Crippen MR) is 69.5 cm³/mol. The lowest BCUT2D eigenvalue weighted by Gasteiger charge is -2.12. The van der Waals surface area contributed by atoms with Crippen LogP contribution in [0.3, 0.4) is 0 Å². The van der Waals surface area contributed by atoms with Crippen molar-refractivity contribution in [3.63, 3.8) is 0 Å². The third-order valence-electron chi connectivity index (χ3n) is 2.82. The lowest BCUT2D eigenvalue weighted by molar-refractivity contribution is 0.0654. The number of rotatable bonds is 4. The maximum absolute atomic E-state index is 10.7. The summed E-state index contributed by atoms with van der Waals surface area (Å²) in [7, 11) is 1.62. The molecule has 5 nitrogen and oxygen atoms in total. The highest BCUT2D eigenvalue weighted by molar-refractivity contribution is 5.82. The molecule has 2 rings (SSSR count). The first kappa shape index (κ1) is 13.1. The van der Waals surface area contributed by atoms with E-state index in [0.29, 0.717) is 5.76 Å².